The van der Waals surface area contributed by atoms with Crippen molar-refractivity contribution in [2.75, 3.05) is 6.54 Å². The Morgan fingerprint density at radius 2 is 2.29 bits per heavy atom. The Hall–Kier alpha value is -1.55. The highest BCUT2D eigenvalue weighted by atomic mass is 19.4. The first kappa shape index (κ1) is 13.5. The third-order valence-corrected chi connectivity index (χ3v) is 2.21. The van der Waals surface area contributed by atoms with Gasteiger partial charge in [0.1, 0.15) is 0 Å². The predicted molar refractivity (Wildman–Crippen MR) is 54.9 cm³/mol. The molecule has 0 radical (unpaired) electrons. The Balaban J connectivity index is 2.53. The minimum absolute atomic E-state index is 0.279. The summed E-state index contributed by atoms with van der Waals surface area (Å²) >= 11 is 0. The van der Waals surface area contributed by atoms with Crippen molar-refractivity contribution in [3.05, 3.63) is 18.0 Å². The topological polar surface area (TPSA) is 53.6 Å². The van der Waals surface area contributed by atoms with E-state index in [1.807, 2.05) is 13.0 Å². The van der Waals surface area contributed by atoms with Gasteiger partial charge in [0.25, 0.3) is 0 Å². The van der Waals surface area contributed by atoms with Gasteiger partial charge in [0, 0.05) is 12.7 Å². The van der Waals surface area contributed by atoms with Gasteiger partial charge in [-0.05, 0) is 13.0 Å². The van der Waals surface area contributed by atoms with Gasteiger partial charge in [-0.2, -0.15) is 23.5 Å². The summed E-state index contributed by atoms with van der Waals surface area (Å²) in [5.41, 5.74) is -0.769. The lowest BCUT2D eigenvalue weighted by molar-refractivity contribution is -0.137. The predicted octanol–water partition coefficient (Wildman–Crippen LogP) is 1.79. The zero-order chi connectivity index (χ0) is 12.9. The summed E-state index contributed by atoms with van der Waals surface area (Å²) in [6.45, 7) is 2.78. The number of hydrogen-bond donors (Lipinski definition) is 1. The molecule has 1 aromatic rings. The quantitative estimate of drug-likeness (QED) is 0.861. The van der Waals surface area contributed by atoms with E-state index in [1.165, 1.54) is 4.68 Å². The molecule has 0 amide bonds. The zero-order valence-corrected chi connectivity index (χ0v) is 9.33. The van der Waals surface area contributed by atoms with Crippen molar-refractivity contribution in [1.82, 2.24) is 15.1 Å². The molecule has 0 aliphatic heterocycles. The largest absolute Gasteiger partial charge is 0.419 e. The molecule has 1 unspecified atom stereocenters. The Morgan fingerprint density at radius 3 is 2.76 bits per heavy atom. The van der Waals surface area contributed by atoms with Crippen LogP contribution in [0.15, 0.2) is 12.4 Å². The maximum atomic E-state index is 12.3. The Morgan fingerprint density at radius 1 is 1.59 bits per heavy atom. The molecule has 1 aromatic heterocycles. The van der Waals surface area contributed by atoms with Crippen LogP contribution in [0.1, 0.15) is 18.9 Å². The lowest BCUT2D eigenvalue weighted by atomic mass is 10.2. The molecule has 1 rings (SSSR count). The van der Waals surface area contributed by atoms with Crippen molar-refractivity contribution < 1.29 is 13.2 Å². The van der Waals surface area contributed by atoms with E-state index in [1.54, 1.807) is 0 Å². The fourth-order valence-corrected chi connectivity index (χ4v) is 1.35. The van der Waals surface area contributed by atoms with Gasteiger partial charge in [0.15, 0.2) is 0 Å². The number of nitriles is 1. The average molecular weight is 246 g/mol. The van der Waals surface area contributed by atoms with E-state index in [-0.39, 0.29) is 12.6 Å². The highest BCUT2D eigenvalue weighted by molar-refractivity contribution is 5.08. The van der Waals surface area contributed by atoms with Crippen LogP contribution >= 0.6 is 0 Å². The SMILES string of the molecule is CCNC(C#N)CCn1cc(C(F)(F)F)cn1. The van der Waals surface area contributed by atoms with Crippen LogP contribution in [0, 0.1) is 11.3 Å². The second kappa shape index (κ2) is 5.68. The Labute approximate surface area is 97.0 Å². The van der Waals surface area contributed by atoms with E-state index in [2.05, 4.69) is 10.4 Å². The van der Waals surface area contributed by atoms with Crippen LogP contribution in [0.3, 0.4) is 0 Å². The maximum Gasteiger partial charge on any atom is 0.419 e. The van der Waals surface area contributed by atoms with Crippen LogP contribution in [0.2, 0.25) is 0 Å². The fraction of sp³-hybridized carbons (Fsp3) is 0.600. The van der Waals surface area contributed by atoms with Gasteiger partial charge in [-0.15, -0.1) is 0 Å². The summed E-state index contributed by atoms with van der Waals surface area (Å²) in [5.74, 6) is 0. The molecule has 0 aliphatic carbocycles. The van der Waals surface area contributed by atoms with Gasteiger partial charge in [-0.25, -0.2) is 0 Å². The molecule has 1 atom stereocenters. The number of halogens is 3. The number of alkyl halides is 3. The van der Waals surface area contributed by atoms with E-state index in [4.69, 9.17) is 5.26 Å². The summed E-state index contributed by atoms with van der Waals surface area (Å²) in [4.78, 5) is 0. The van der Waals surface area contributed by atoms with E-state index < -0.39 is 11.7 Å². The lowest BCUT2D eigenvalue weighted by Crippen LogP contribution is -2.28. The highest BCUT2D eigenvalue weighted by Gasteiger charge is 2.32. The lowest BCUT2D eigenvalue weighted by Gasteiger charge is -2.09. The number of nitrogens with one attached hydrogen (secondary N) is 1. The Kier molecular flexibility index (Phi) is 4.52. The van der Waals surface area contributed by atoms with Crippen LogP contribution < -0.4 is 5.32 Å². The molecular formula is C10H13F3N4. The molecule has 94 valence electrons. The highest BCUT2D eigenvalue weighted by Crippen LogP contribution is 2.28. The molecule has 0 fully saturated rings. The zero-order valence-electron chi connectivity index (χ0n) is 9.33. The number of hydrogen-bond acceptors (Lipinski definition) is 3. The minimum Gasteiger partial charge on any atom is -0.302 e. The molecule has 1 N–H and O–H groups in total. The normalized spacial score (nSPS) is 13.4. The minimum atomic E-state index is -4.37. The maximum absolute atomic E-state index is 12.3. The number of rotatable bonds is 5. The first-order valence-electron chi connectivity index (χ1n) is 5.20. The molecule has 0 aromatic carbocycles. The first-order valence-corrected chi connectivity index (χ1v) is 5.20. The standard InChI is InChI=1S/C10H13F3N4/c1-2-15-9(5-14)3-4-17-7-8(6-16-17)10(11,12)13/h6-7,9,15H,2-4H2,1H3. The number of aromatic nitrogens is 2. The second-order valence-electron chi connectivity index (χ2n) is 3.52. The van der Waals surface area contributed by atoms with E-state index in [0.717, 1.165) is 12.4 Å². The van der Waals surface area contributed by atoms with Crippen molar-refractivity contribution in [3.8, 4) is 6.07 Å². The summed E-state index contributed by atoms with van der Waals surface area (Å²) in [7, 11) is 0. The molecule has 0 aliphatic rings. The van der Waals surface area contributed by atoms with E-state index in [0.29, 0.717) is 13.0 Å². The molecule has 0 spiro atoms. The first-order chi connectivity index (χ1) is 7.97. The molecule has 0 saturated carbocycles. The van der Waals surface area contributed by atoms with Crippen molar-refractivity contribution in [3.63, 3.8) is 0 Å². The smallest absolute Gasteiger partial charge is 0.302 e. The number of aryl methyl sites for hydroxylation is 1. The van der Waals surface area contributed by atoms with Gasteiger partial charge in [0.05, 0.1) is 23.9 Å². The number of nitrogens with zero attached hydrogens (tertiary/aromatic N) is 3. The van der Waals surface area contributed by atoms with Crippen LogP contribution in [-0.2, 0) is 12.7 Å². The fourth-order valence-electron chi connectivity index (χ4n) is 1.35. The third kappa shape index (κ3) is 4.07. The van der Waals surface area contributed by atoms with E-state index >= 15 is 0 Å². The van der Waals surface area contributed by atoms with Gasteiger partial charge >= 0.3 is 6.18 Å². The Bertz CT molecular complexity index is 391. The molecule has 4 nitrogen and oxygen atoms in total. The van der Waals surface area contributed by atoms with Crippen LogP contribution in [0.4, 0.5) is 13.2 Å². The second-order valence-corrected chi connectivity index (χ2v) is 3.52. The molecule has 7 heteroatoms. The van der Waals surface area contributed by atoms with Crippen LogP contribution in [0.25, 0.3) is 0 Å². The van der Waals surface area contributed by atoms with Gasteiger partial charge in [-0.1, -0.05) is 6.92 Å². The van der Waals surface area contributed by atoms with Gasteiger partial charge in [-0.3, -0.25) is 4.68 Å². The summed E-state index contributed by atoms with van der Waals surface area (Å²) in [6, 6.07) is 1.67. The summed E-state index contributed by atoms with van der Waals surface area (Å²) < 4.78 is 38.0. The molecule has 1 heterocycles. The van der Waals surface area contributed by atoms with Gasteiger partial charge < -0.3 is 5.32 Å². The molecule has 0 saturated heterocycles. The monoisotopic (exact) mass is 246 g/mol. The molecule has 17 heavy (non-hydrogen) atoms. The van der Waals surface area contributed by atoms with E-state index in [9.17, 15) is 13.2 Å². The summed E-state index contributed by atoms with van der Waals surface area (Å²) in [6.07, 6.45) is -2.22. The van der Waals surface area contributed by atoms with Gasteiger partial charge in [0.2, 0.25) is 0 Å². The van der Waals surface area contributed by atoms with Crippen LogP contribution in [0.5, 0.6) is 0 Å². The van der Waals surface area contributed by atoms with Crippen molar-refractivity contribution >= 4 is 0 Å². The third-order valence-electron chi connectivity index (χ3n) is 2.21. The van der Waals surface area contributed by atoms with Crippen molar-refractivity contribution in [1.29, 1.82) is 5.26 Å². The summed E-state index contributed by atoms with van der Waals surface area (Å²) in [5, 5.41) is 15.3. The van der Waals surface area contributed by atoms with Crippen molar-refractivity contribution in [2.45, 2.75) is 32.1 Å². The average Bonchev–Trinajstić information content (AvgIpc) is 2.72. The van der Waals surface area contributed by atoms with Crippen molar-refractivity contribution in [2.24, 2.45) is 0 Å². The molecule has 0 bridgehead atoms. The van der Waals surface area contributed by atoms with Crippen LogP contribution in [-0.4, -0.2) is 22.4 Å². The molecular weight excluding hydrogens is 233 g/mol.